The SMILES string of the molecule is CC(=Cc1csc(C)n1)[C@@H]1C[C@@H]2O[C@]2(C)CCC[C@H](C)[C@H](O)[C@@H](C)C(=O)C(C)(C)C(O)CC(=O)O1. The summed E-state index contributed by atoms with van der Waals surface area (Å²) >= 11 is 1.56. The maximum absolute atomic E-state index is 13.2. The summed E-state index contributed by atoms with van der Waals surface area (Å²) in [7, 11) is 0. The van der Waals surface area contributed by atoms with Crippen LogP contribution in [0.5, 0.6) is 0 Å². The van der Waals surface area contributed by atoms with Crippen LogP contribution in [0.4, 0.5) is 0 Å². The number of carbonyl (C=O) groups is 2. The van der Waals surface area contributed by atoms with Crippen LogP contribution in [-0.2, 0) is 19.1 Å². The Morgan fingerprint density at radius 1 is 1.23 bits per heavy atom. The number of fused-ring (bicyclic) bond motifs is 1. The third-order valence-corrected chi connectivity index (χ3v) is 8.72. The zero-order valence-corrected chi connectivity index (χ0v) is 22.9. The number of Topliss-reactive ketones (excluding diaryl/α,β-unsaturated/α-hetero) is 1. The van der Waals surface area contributed by atoms with Gasteiger partial charge in [-0.3, -0.25) is 9.59 Å². The van der Waals surface area contributed by atoms with Crippen molar-refractivity contribution in [2.75, 3.05) is 0 Å². The van der Waals surface area contributed by atoms with Crippen molar-refractivity contribution in [3.05, 3.63) is 21.7 Å². The van der Waals surface area contributed by atoms with Crippen molar-refractivity contribution in [1.82, 2.24) is 4.98 Å². The summed E-state index contributed by atoms with van der Waals surface area (Å²) in [6.07, 6.45) is 1.98. The predicted molar refractivity (Wildman–Crippen MR) is 136 cm³/mol. The van der Waals surface area contributed by atoms with E-state index in [1.165, 1.54) is 0 Å². The highest BCUT2D eigenvalue weighted by Crippen LogP contribution is 2.45. The van der Waals surface area contributed by atoms with Crippen molar-refractivity contribution in [2.24, 2.45) is 17.3 Å². The van der Waals surface area contributed by atoms with Gasteiger partial charge in [0.1, 0.15) is 11.9 Å². The third-order valence-electron chi connectivity index (χ3n) is 7.93. The molecule has 196 valence electrons. The molecule has 2 N–H and O–H groups in total. The van der Waals surface area contributed by atoms with Gasteiger partial charge in [0.05, 0.1) is 46.5 Å². The van der Waals surface area contributed by atoms with E-state index in [0.29, 0.717) is 6.42 Å². The number of nitrogens with zero attached hydrogens (tertiary/aromatic N) is 1. The summed E-state index contributed by atoms with van der Waals surface area (Å²) in [6.45, 7) is 12.8. The van der Waals surface area contributed by atoms with E-state index in [-0.39, 0.29) is 29.8 Å². The molecule has 0 bridgehead atoms. The fourth-order valence-corrected chi connectivity index (χ4v) is 5.64. The molecule has 7 atom stereocenters. The summed E-state index contributed by atoms with van der Waals surface area (Å²) in [5.74, 6) is -1.55. The van der Waals surface area contributed by atoms with Crippen LogP contribution < -0.4 is 0 Å². The summed E-state index contributed by atoms with van der Waals surface area (Å²) in [6, 6.07) is 0. The molecule has 3 heterocycles. The Morgan fingerprint density at radius 3 is 2.54 bits per heavy atom. The van der Waals surface area contributed by atoms with Crippen molar-refractivity contribution >= 4 is 29.2 Å². The maximum atomic E-state index is 13.2. The number of epoxide rings is 1. The molecule has 1 aromatic rings. The Hall–Kier alpha value is -1.61. The summed E-state index contributed by atoms with van der Waals surface area (Å²) in [4.78, 5) is 30.6. The molecule has 2 aliphatic rings. The number of hydrogen-bond donors (Lipinski definition) is 2. The zero-order chi connectivity index (χ0) is 26.1. The number of thiazole rings is 1. The maximum Gasteiger partial charge on any atom is 0.309 e. The molecule has 0 amide bonds. The van der Waals surface area contributed by atoms with Gasteiger partial charge in [0.2, 0.25) is 0 Å². The van der Waals surface area contributed by atoms with Gasteiger partial charge in [-0.15, -0.1) is 11.3 Å². The number of aryl methyl sites for hydroxylation is 1. The summed E-state index contributed by atoms with van der Waals surface area (Å²) < 4.78 is 11.9. The molecule has 8 heteroatoms. The lowest BCUT2D eigenvalue weighted by Crippen LogP contribution is -2.45. The minimum atomic E-state index is -1.23. The van der Waals surface area contributed by atoms with Crippen LogP contribution in [0.25, 0.3) is 6.08 Å². The number of hydrogen-bond acceptors (Lipinski definition) is 8. The molecule has 0 radical (unpaired) electrons. The molecule has 2 aliphatic heterocycles. The number of esters is 1. The molecule has 35 heavy (non-hydrogen) atoms. The normalized spacial score (nSPS) is 37.5. The number of ketones is 1. The lowest BCUT2D eigenvalue weighted by molar-refractivity contribution is -0.154. The van der Waals surface area contributed by atoms with Gasteiger partial charge >= 0.3 is 5.97 Å². The van der Waals surface area contributed by atoms with Crippen LogP contribution in [0, 0.1) is 24.2 Å². The third kappa shape index (κ3) is 6.59. The number of ether oxygens (including phenoxy) is 2. The highest BCUT2D eigenvalue weighted by molar-refractivity contribution is 7.09. The highest BCUT2D eigenvalue weighted by Gasteiger charge is 2.53. The number of rotatable bonds is 2. The standard InChI is InChI=1S/C27H41NO6S/c1-15-9-8-10-27(7)22(34-27)12-20(16(2)11-19-14-35-18(4)28-19)33-23(30)13-21(29)26(5,6)25(32)17(3)24(15)31/h11,14-15,17,20-22,24,29,31H,8-10,12-13H2,1-7H3/t15-,17+,20-,21?,22-,24-,27+/m0/s1. The highest BCUT2D eigenvalue weighted by atomic mass is 32.1. The molecule has 7 nitrogen and oxygen atoms in total. The van der Waals surface area contributed by atoms with E-state index in [0.717, 1.165) is 35.5 Å². The second-order valence-corrected chi connectivity index (χ2v) is 12.3. The number of cyclic esters (lactones) is 1. The first-order chi connectivity index (χ1) is 16.2. The molecule has 3 rings (SSSR count). The van der Waals surface area contributed by atoms with Crippen molar-refractivity contribution in [3.63, 3.8) is 0 Å². The molecule has 0 aromatic carbocycles. The number of aliphatic hydroxyl groups excluding tert-OH is 2. The Morgan fingerprint density at radius 2 is 1.91 bits per heavy atom. The van der Waals surface area contributed by atoms with Crippen LogP contribution in [-0.4, -0.2) is 57.0 Å². The first kappa shape index (κ1) is 28.0. The predicted octanol–water partition coefficient (Wildman–Crippen LogP) is 4.48. The van der Waals surface area contributed by atoms with Gasteiger partial charge in [-0.2, -0.15) is 0 Å². The fourth-order valence-electron chi connectivity index (χ4n) is 5.07. The average molecular weight is 508 g/mol. The van der Waals surface area contributed by atoms with E-state index in [9.17, 15) is 19.8 Å². The molecule has 1 aromatic heterocycles. The minimum Gasteiger partial charge on any atom is -0.458 e. The Labute approximate surface area is 212 Å². The van der Waals surface area contributed by atoms with Gasteiger partial charge in [-0.25, -0.2) is 4.98 Å². The zero-order valence-electron chi connectivity index (χ0n) is 22.0. The van der Waals surface area contributed by atoms with Gasteiger partial charge in [-0.05, 0) is 51.2 Å². The van der Waals surface area contributed by atoms with Gasteiger partial charge in [0, 0.05) is 17.7 Å². The monoisotopic (exact) mass is 507 g/mol. The van der Waals surface area contributed by atoms with Crippen LogP contribution >= 0.6 is 11.3 Å². The second kappa shape index (κ2) is 10.8. The molecule has 0 aliphatic carbocycles. The van der Waals surface area contributed by atoms with Gasteiger partial charge in [0.15, 0.2) is 0 Å². The smallest absolute Gasteiger partial charge is 0.309 e. The average Bonchev–Trinajstić information content (AvgIpc) is 3.22. The molecule has 0 spiro atoms. The molecule has 2 saturated heterocycles. The van der Waals surface area contributed by atoms with E-state index in [2.05, 4.69) is 11.9 Å². The molecular formula is C27H41NO6S. The van der Waals surface area contributed by atoms with Gasteiger partial charge in [0.25, 0.3) is 0 Å². The number of aromatic nitrogens is 1. The van der Waals surface area contributed by atoms with Crippen LogP contribution in [0.1, 0.15) is 84.3 Å². The minimum absolute atomic E-state index is 0.0455. The lowest BCUT2D eigenvalue weighted by Gasteiger charge is -2.34. The van der Waals surface area contributed by atoms with Gasteiger partial charge < -0.3 is 19.7 Å². The first-order valence-corrected chi connectivity index (χ1v) is 13.5. The Kier molecular flexibility index (Phi) is 8.62. The van der Waals surface area contributed by atoms with Crippen molar-refractivity contribution in [1.29, 1.82) is 0 Å². The fraction of sp³-hybridized carbons (Fsp3) is 0.741. The molecular weight excluding hydrogens is 466 g/mol. The van der Waals surface area contributed by atoms with Crippen molar-refractivity contribution < 1.29 is 29.3 Å². The molecule has 0 saturated carbocycles. The summed E-state index contributed by atoms with van der Waals surface area (Å²) in [5.41, 5.74) is 0.179. The summed E-state index contributed by atoms with van der Waals surface area (Å²) in [5, 5.41) is 24.6. The van der Waals surface area contributed by atoms with Crippen LogP contribution in [0.3, 0.4) is 0 Å². The van der Waals surface area contributed by atoms with E-state index in [4.69, 9.17) is 9.47 Å². The quantitative estimate of drug-likeness (QED) is 0.449. The van der Waals surface area contributed by atoms with E-state index in [1.807, 2.05) is 32.2 Å². The van der Waals surface area contributed by atoms with Gasteiger partial charge in [-0.1, -0.05) is 34.1 Å². The first-order valence-electron chi connectivity index (χ1n) is 12.6. The Bertz CT molecular complexity index is 955. The van der Waals surface area contributed by atoms with E-state index < -0.39 is 35.6 Å². The largest absolute Gasteiger partial charge is 0.458 e. The lowest BCUT2D eigenvalue weighted by atomic mass is 9.73. The second-order valence-electron chi connectivity index (χ2n) is 11.3. The van der Waals surface area contributed by atoms with Crippen molar-refractivity contribution in [2.45, 2.75) is 111 Å². The molecule has 2 fully saturated rings. The van der Waals surface area contributed by atoms with Crippen molar-refractivity contribution in [3.8, 4) is 0 Å². The molecule has 1 unspecified atom stereocenters. The van der Waals surface area contributed by atoms with E-state index in [1.54, 1.807) is 32.1 Å². The van der Waals surface area contributed by atoms with Crippen LogP contribution in [0.15, 0.2) is 11.0 Å². The number of carbonyl (C=O) groups excluding carboxylic acids is 2. The van der Waals surface area contributed by atoms with E-state index >= 15 is 0 Å². The Balaban J connectivity index is 1.85. The number of aliphatic hydroxyl groups is 2. The topological polar surface area (TPSA) is 109 Å². The van der Waals surface area contributed by atoms with Crippen LogP contribution in [0.2, 0.25) is 0 Å².